The van der Waals surface area contributed by atoms with E-state index in [9.17, 15) is 9.18 Å². The highest BCUT2D eigenvalue weighted by molar-refractivity contribution is 6.30. The van der Waals surface area contributed by atoms with Gasteiger partial charge in [-0.15, -0.1) is 0 Å². The van der Waals surface area contributed by atoms with Gasteiger partial charge in [-0.2, -0.15) is 0 Å². The van der Waals surface area contributed by atoms with E-state index in [-0.39, 0.29) is 5.69 Å². The van der Waals surface area contributed by atoms with Gasteiger partial charge in [-0.05, 0) is 43.2 Å². The van der Waals surface area contributed by atoms with Gasteiger partial charge in [-0.25, -0.2) is 9.18 Å². The zero-order chi connectivity index (χ0) is 17.1. The molecule has 1 unspecified atom stereocenters. The molecule has 2 N–H and O–H groups in total. The number of amides is 2. The Hall–Kier alpha value is -2.27. The monoisotopic (exact) mass is 347 g/mol. The fourth-order valence-electron chi connectivity index (χ4n) is 3.02. The second-order valence-electron chi connectivity index (χ2n) is 5.88. The molecule has 2 amide bonds. The fourth-order valence-corrected chi connectivity index (χ4v) is 3.19. The maximum absolute atomic E-state index is 13.6. The standard InChI is InChI=1S/C18H19ClFN3O/c1-12-10-13-4-2-3-5-17(13)23(12)9-8-21-18(24)22-16-11-14(19)6-7-15(16)20/h2-7,11-12H,8-10H2,1H3,(H2,21,22,24). The Kier molecular flexibility index (Phi) is 4.90. The summed E-state index contributed by atoms with van der Waals surface area (Å²) < 4.78 is 13.6. The Labute approximate surface area is 145 Å². The van der Waals surface area contributed by atoms with Crippen LogP contribution in [-0.2, 0) is 6.42 Å². The zero-order valence-electron chi connectivity index (χ0n) is 13.4. The Morgan fingerprint density at radius 1 is 1.33 bits per heavy atom. The first kappa shape index (κ1) is 16.6. The van der Waals surface area contributed by atoms with Crippen LogP contribution in [0, 0.1) is 5.82 Å². The molecule has 0 fully saturated rings. The number of benzene rings is 2. The van der Waals surface area contributed by atoms with Gasteiger partial charge in [0.15, 0.2) is 0 Å². The molecular formula is C18H19ClFN3O. The van der Waals surface area contributed by atoms with Crippen molar-refractivity contribution in [3.8, 4) is 0 Å². The number of carbonyl (C=O) groups excluding carboxylic acids is 1. The molecular weight excluding hydrogens is 329 g/mol. The van der Waals surface area contributed by atoms with E-state index < -0.39 is 11.8 Å². The molecule has 1 aliphatic heterocycles. The lowest BCUT2D eigenvalue weighted by Gasteiger charge is -2.25. The first-order valence-electron chi connectivity index (χ1n) is 7.89. The van der Waals surface area contributed by atoms with Gasteiger partial charge in [0.1, 0.15) is 5.82 Å². The number of para-hydroxylation sites is 1. The van der Waals surface area contributed by atoms with Gasteiger partial charge in [0.05, 0.1) is 5.69 Å². The third-order valence-corrected chi connectivity index (χ3v) is 4.40. The molecule has 0 aromatic heterocycles. The SMILES string of the molecule is CC1Cc2ccccc2N1CCNC(=O)Nc1cc(Cl)ccc1F. The lowest BCUT2D eigenvalue weighted by molar-refractivity contribution is 0.252. The lowest BCUT2D eigenvalue weighted by Crippen LogP contribution is -2.39. The number of anilines is 2. The van der Waals surface area contributed by atoms with Gasteiger partial charge < -0.3 is 15.5 Å². The minimum Gasteiger partial charge on any atom is -0.367 e. The molecule has 126 valence electrons. The number of nitrogens with one attached hydrogen (secondary N) is 2. The maximum atomic E-state index is 13.6. The van der Waals surface area contributed by atoms with E-state index in [1.54, 1.807) is 0 Å². The van der Waals surface area contributed by atoms with Crippen molar-refractivity contribution in [2.45, 2.75) is 19.4 Å². The average molecular weight is 348 g/mol. The van der Waals surface area contributed by atoms with Gasteiger partial charge in [-0.1, -0.05) is 29.8 Å². The van der Waals surface area contributed by atoms with Crippen molar-refractivity contribution in [2.75, 3.05) is 23.3 Å². The second-order valence-corrected chi connectivity index (χ2v) is 6.32. The summed E-state index contributed by atoms with van der Waals surface area (Å²) in [5.74, 6) is -0.517. The second kappa shape index (κ2) is 7.09. The van der Waals surface area contributed by atoms with Crippen LogP contribution in [0.25, 0.3) is 0 Å². The number of hydrogen-bond acceptors (Lipinski definition) is 2. The summed E-state index contributed by atoms with van der Waals surface area (Å²) in [6, 6.07) is 12.3. The van der Waals surface area contributed by atoms with Crippen LogP contribution in [0.3, 0.4) is 0 Å². The van der Waals surface area contributed by atoms with Crippen LogP contribution in [0.5, 0.6) is 0 Å². The predicted molar refractivity (Wildman–Crippen MR) is 95.4 cm³/mol. The van der Waals surface area contributed by atoms with Gasteiger partial charge in [0.2, 0.25) is 0 Å². The molecule has 0 radical (unpaired) electrons. The highest BCUT2D eigenvalue weighted by atomic mass is 35.5. The Morgan fingerprint density at radius 3 is 2.96 bits per heavy atom. The molecule has 2 aromatic carbocycles. The molecule has 24 heavy (non-hydrogen) atoms. The Bertz CT molecular complexity index is 753. The summed E-state index contributed by atoms with van der Waals surface area (Å²) in [4.78, 5) is 14.2. The van der Waals surface area contributed by atoms with Crippen molar-refractivity contribution in [3.05, 3.63) is 58.9 Å². The first-order valence-corrected chi connectivity index (χ1v) is 8.27. The zero-order valence-corrected chi connectivity index (χ0v) is 14.1. The number of halogens is 2. The van der Waals surface area contributed by atoms with Crippen molar-refractivity contribution in [1.29, 1.82) is 0 Å². The molecule has 0 aliphatic carbocycles. The number of urea groups is 1. The van der Waals surface area contributed by atoms with Crippen molar-refractivity contribution in [3.63, 3.8) is 0 Å². The molecule has 0 bridgehead atoms. The molecule has 1 aliphatic rings. The molecule has 2 aromatic rings. The van der Waals surface area contributed by atoms with Crippen LogP contribution >= 0.6 is 11.6 Å². The number of nitrogens with zero attached hydrogens (tertiary/aromatic N) is 1. The van der Waals surface area contributed by atoms with Crippen LogP contribution < -0.4 is 15.5 Å². The Balaban J connectivity index is 1.53. The summed E-state index contributed by atoms with van der Waals surface area (Å²) in [7, 11) is 0. The molecule has 4 nitrogen and oxygen atoms in total. The highest BCUT2D eigenvalue weighted by Gasteiger charge is 2.24. The van der Waals surface area contributed by atoms with Gasteiger partial charge in [-0.3, -0.25) is 0 Å². The molecule has 1 atom stereocenters. The minimum atomic E-state index is -0.517. The van der Waals surface area contributed by atoms with Crippen LogP contribution in [-0.4, -0.2) is 25.2 Å². The van der Waals surface area contributed by atoms with E-state index in [1.807, 2.05) is 12.1 Å². The van der Waals surface area contributed by atoms with E-state index in [1.165, 1.54) is 29.4 Å². The van der Waals surface area contributed by atoms with Crippen LogP contribution in [0.2, 0.25) is 5.02 Å². The van der Waals surface area contributed by atoms with Crippen molar-refractivity contribution in [2.24, 2.45) is 0 Å². The molecule has 0 spiro atoms. The quantitative estimate of drug-likeness (QED) is 0.876. The van der Waals surface area contributed by atoms with Crippen molar-refractivity contribution >= 4 is 29.0 Å². The molecule has 3 rings (SSSR count). The van der Waals surface area contributed by atoms with Crippen molar-refractivity contribution < 1.29 is 9.18 Å². The third kappa shape index (κ3) is 3.62. The van der Waals surface area contributed by atoms with E-state index in [0.717, 1.165) is 6.42 Å². The lowest BCUT2D eigenvalue weighted by atomic mass is 10.1. The fraction of sp³-hybridized carbons (Fsp3) is 0.278. The van der Waals surface area contributed by atoms with Crippen LogP contribution in [0.1, 0.15) is 12.5 Å². The first-order chi connectivity index (χ1) is 11.5. The number of fused-ring (bicyclic) bond motifs is 1. The number of carbonyl (C=O) groups is 1. The summed E-state index contributed by atoms with van der Waals surface area (Å²) in [6.07, 6.45) is 1.01. The van der Waals surface area contributed by atoms with E-state index in [4.69, 9.17) is 11.6 Å². The van der Waals surface area contributed by atoms with E-state index >= 15 is 0 Å². The van der Waals surface area contributed by atoms with E-state index in [0.29, 0.717) is 24.2 Å². The van der Waals surface area contributed by atoms with Crippen LogP contribution in [0.4, 0.5) is 20.6 Å². The van der Waals surface area contributed by atoms with Crippen LogP contribution in [0.15, 0.2) is 42.5 Å². The molecule has 1 heterocycles. The normalized spacial score (nSPS) is 16.0. The summed E-state index contributed by atoms with van der Waals surface area (Å²) in [5, 5.41) is 5.60. The minimum absolute atomic E-state index is 0.0693. The summed E-state index contributed by atoms with van der Waals surface area (Å²) in [5.41, 5.74) is 2.61. The molecule has 6 heteroatoms. The summed E-state index contributed by atoms with van der Waals surface area (Å²) in [6.45, 7) is 3.33. The maximum Gasteiger partial charge on any atom is 0.319 e. The summed E-state index contributed by atoms with van der Waals surface area (Å²) >= 11 is 5.81. The van der Waals surface area contributed by atoms with E-state index in [2.05, 4.69) is 34.6 Å². The smallest absolute Gasteiger partial charge is 0.319 e. The number of hydrogen-bond donors (Lipinski definition) is 2. The van der Waals surface area contributed by atoms with Gasteiger partial charge in [0.25, 0.3) is 0 Å². The molecule has 0 saturated carbocycles. The van der Waals surface area contributed by atoms with Gasteiger partial charge in [0, 0.05) is 29.8 Å². The van der Waals surface area contributed by atoms with Gasteiger partial charge >= 0.3 is 6.03 Å². The largest absolute Gasteiger partial charge is 0.367 e. The predicted octanol–water partition coefficient (Wildman–Crippen LogP) is 4.05. The third-order valence-electron chi connectivity index (χ3n) is 4.16. The molecule has 0 saturated heterocycles. The highest BCUT2D eigenvalue weighted by Crippen LogP contribution is 2.31. The number of rotatable bonds is 4. The topological polar surface area (TPSA) is 44.4 Å². The Morgan fingerprint density at radius 2 is 2.12 bits per heavy atom. The van der Waals surface area contributed by atoms with Crippen molar-refractivity contribution in [1.82, 2.24) is 5.32 Å². The average Bonchev–Trinajstić information content (AvgIpc) is 2.87.